The molecule has 146 valence electrons. The molecule has 4 rings (SSSR count). The Hall–Kier alpha value is -3.12. The molecular weight excluding hydrogens is 382 g/mol. The maximum atomic E-state index is 12.7. The molecule has 0 radical (unpaired) electrons. The number of aromatic nitrogens is 3. The molecule has 4 aromatic rings. The number of nitrogens with zero attached hydrogens (tertiary/aromatic N) is 3. The molecule has 0 aliphatic heterocycles. The normalized spacial score (nSPS) is 11.0. The summed E-state index contributed by atoms with van der Waals surface area (Å²) in [5, 5.41) is 9.48. The summed E-state index contributed by atoms with van der Waals surface area (Å²) in [4.78, 5) is 12.7. The molecule has 0 N–H and O–H groups in total. The van der Waals surface area contributed by atoms with Gasteiger partial charge in [-0.05, 0) is 37.6 Å². The van der Waals surface area contributed by atoms with Crippen LogP contribution in [-0.2, 0) is 6.54 Å². The van der Waals surface area contributed by atoms with Crippen LogP contribution < -0.4 is 0 Å². The Bertz CT molecular complexity index is 1130. The van der Waals surface area contributed by atoms with Crippen LogP contribution in [0.3, 0.4) is 0 Å². The van der Waals surface area contributed by atoms with Gasteiger partial charge in [0, 0.05) is 11.1 Å². The molecule has 0 aliphatic carbocycles. The molecule has 0 saturated heterocycles. The zero-order valence-electron chi connectivity index (χ0n) is 16.3. The minimum atomic E-state index is 0.0813. The first-order valence-electron chi connectivity index (χ1n) is 9.36. The molecule has 0 fully saturated rings. The molecule has 2 aromatic heterocycles. The Labute approximate surface area is 173 Å². The second kappa shape index (κ2) is 8.49. The highest BCUT2D eigenvalue weighted by atomic mass is 32.2. The Balaban J connectivity index is 1.62. The van der Waals surface area contributed by atoms with E-state index in [9.17, 15) is 4.79 Å². The number of benzene rings is 2. The number of thioether (sulfide) groups is 1. The van der Waals surface area contributed by atoms with Crippen molar-refractivity contribution in [1.82, 2.24) is 14.8 Å². The first kappa shape index (κ1) is 19.2. The predicted octanol–water partition coefficient (Wildman–Crippen LogP) is 5.18. The lowest BCUT2D eigenvalue weighted by Crippen LogP contribution is -2.07. The Kier molecular flexibility index (Phi) is 5.62. The third-order valence-electron chi connectivity index (χ3n) is 4.67. The van der Waals surface area contributed by atoms with Crippen LogP contribution in [0.25, 0.3) is 11.4 Å². The number of aryl methyl sites for hydroxylation is 2. The highest BCUT2D eigenvalue weighted by molar-refractivity contribution is 7.99. The average Bonchev–Trinajstić information content (AvgIpc) is 3.37. The summed E-state index contributed by atoms with van der Waals surface area (Å²) < 4.78 is 7.54. The van der Waals surface area contributed by atoms with Gasteiger partial charge in [-0.2, -0.15) is 0 Å². The van der Waals surface area contributed by atoms with E-state index in [0.717, 1.165) is 33.8 Å². The molecule has 0 bridgehead atoms. The smallest absolute Gasteiger partial charge is 0.192 e. The maximum absolute atomic E-state index is 12.7. The Morgan fingerprint density at radius 3 is 2.66 bits per heavy atom. The molecule has 0 unspecified atom stereocenters. The van der Waals surface area contributed by atoms with E-state index in [1.807, 2.05) is 73.0 Å². The second-order valence-corrected chi connectivity index (χ2v) is 7.81. The lowest BCUT2D eigenvalue weighted by molar-refractivity contribution is 0.102. The number of carbonyl (C=O) groups excluding carboxylic acids is 1. The van der Waals surface area contributed by atoms with E-state index in [1.54, 1.807) is 6.26 Å². The van der Waals surface area contributed by atoms with Crippen molar-refractivity contribution in [3.63, 3.8) is 0 Å². The summed E-state index contributed by atoms with van der Waals surface area (Å²) in [5.41, 5.74) is 3.87. The summed E-state index contributed by atoms with van der Waals surface area (Å²) in [6, 6.07) is 19.6. The van der Waals surface area contributed by atoms with Gasteiger partial charge in [0.25, 0.3) is 0 Å². The van der Waals surface area contributed by atoms with Gasteiger partial charge in [0.05, 0.1) is 18.6 Å². The molecule has 2 aromatic carbocycles. The lowest BCUT2D eigenvalue weighted by Gasteiger charge is -2.09. The molecule has 2 heterocycles. The van der Waals surface area contributed by atoms with Crippen LogP contribution in [0.4, 0.5) is 0 Å². The fourth-order valence-electron chi connectivity index (χ4n) is 3.19. The SMILES string of the molecule is Cc1cccc(-c2nnc(SCC(=O)c3ccccc3C)n2Cc2ccco2)c1. The fraction of sp³-hybridized carbons (Fsp3) is 0.174. The van der Waals surface area contributed by atoms with Crippen LogP contribution in [0.15, 0.2) is 76.5 Å². The average molecular weight is 404 g/mol. The molecule has 5 nitrogen and oxygen atoms in total. The van der Waals surface area contributed by atoms with Crippen LogP contribution in [-0.4, -0.2) is 26.3 Å². The zero-order chi connectivity index (χ0) is 20.2. The Morgan fingerprint density at radius 2 is 1.90 bits per heavy atom. The van der Waals surface area contributed by atoms with E-state index >= 15 is 0 Å². The van der Waals surface area contributed by atoms with Gasteiger partial charge in [0.2, 0.25) is 0 Å². The van der Waals surface area contributed by atoms with E-state index in [0.29, 0.717) is 17.5 Å². The summed E-state index contributed by atoms with van der Waals surface area (Å²) in [6.07, 6.45) is 1.65. The van der Waals surface area contributed by atoms with Gasteiger partial charge in [-0.3, -0.25) is 9.36 Å². The van der Waals surface area contributed by atoms with Crippen molar-refractivity contribution in [1.29, 1.82) is 0 Å². The third kappa shape index (κ3) is 4.32. The topological polar surface area (TPSA) is 60.9 Å². The van der Waals surface area contributed by atoms with Gasteiger partial charge >= 0.3 is 0 Å². The summed E-state index contributed by atoms with van der Waals surface area (Å²) in [5.74, 6) is 1.95. The standard InChI is InChI=1S/C23H21N3O2S/c1-16-7-5-9-18(13-16)22-24-25-23(26(22)14-19-10-6-12-28-19)29-15-21(27)20-11-4-3-8-17(20)2/h3-13H,14-15H2,1-2H3. The number of carbonyl (C=O) groups is 1. The van der Waals surface area contributed by atoms with E-state index in [4.69, 9.17) is 4.42 Å². The van der Waals surface area contributed by atoms with Crippen molar-refractivity contribution in [3.8, 4) is 11.4 Å². The number of Topliss-reactive ketones (excluding diaryl/α,β-unsaturated/α-hetero) is 1. The molecule has 29 heavy (non-hydrogen) atoms. The van der Waals surface area contributed by atoms with Crippen LogP contribution in [0.5, 0.6) is 0 Å². The predicted molar refractivity (Wildman–Crippen MR) is 114 cm³/mol. The highest BCUT2D eigenvalue weighted by Gasteiger charge is 2.18. The molecule has 0 spiro atoms. The summed E-state index contributed by atoms with van der Waals surface area (Å²) >= 11 is 1.40. The maximum Gasteiger partial charge on any atom is 0.192 e. The van der Waals surface area contributed by atoms with Crippen LogP contribution in [0.2, 0.25) is 0 Å². The van der Waals surface area contributed by atoms with E-state index in [1.165, 1.54) is 11.8 Å². The van der Waals surface area contributed by atoms with Crippen molar-refractivity contribution in [2.75, 3.05) is 5.75 Å². The fourth-order valence-corrected chi connectivity index (χ4v) is 4.01. The molecule has 0 amide bonds. The van der Waals surface area contributed by atoms with Gasteiger partial charge in [0.1, 0.15) is 5.76 Å². The van der Waals surface area contributed by atoms with E-state index < -0.39 is 0 Å². The number of rotatable bonds is 7. The van der Waals surface area contributed by atoms with E-state index in [-0.39, 0.29) is 5.78 Å². The van der Waals surface area contributed by atoms with Gasteiger partial charge in [-0.25, -0.2) is 0 Å². The monoisotopic (exact) mass is 403 g/mol. The third-order valence-corrected chi connectivity index (χ3v) is 5.63. The van der Waals surface area contributed by atoms with Gasteiger partial charge < -0.3 is 4.42 Å². The van der Waals surface area contributed by atoms with Gasteiger partial charge in [-0.1, -0.05) is 59.8 Å². The second-order valence-electron chi connectivity index (χ2n) is 6.87. The molecule has 0 saturated carbocycles. The molecule has 6 heteroatoms. The number of hydrogen-bond acceptors (Lipinski definition) is 5. The van der Waals surface area contributed by atoms with Crippen LogP contribution >= 0.6 is 11.8 Å². The number of furan rings is 1. The Morgan fingerprint density at radius 1 is 1.03 bits per heavy atom. The van der Waals surface area contributed by atoms with Crippen LogP contribution in [0, 0.1) is 13.8 Å². The van der Waals surface area contributed by atoms with Crippen LogP contribution in [0.1, 0.15) is 27.2 Å². The first-order valence-corrected chi connectivity index (χ1v) is 10.3. The largest absolute Gasteiger partial charge is 0.467 e. The number of hydrogen-bond donors (Lipinski definition) is 0. The van der Waals surface area contributed by atoms with Crippen molar-refractivity contribution in [2.24, 2.45) is 0 Å². The quantitative estimate of drug-likeness (QED) is 0.314. The minimum Gasteiger partial charge on any atom is -0.467 e. The highest BCUT2D eigenvalue weighted by Crippen LogP contribution is 2.26. The van der Waals surface area contributed by atoms with Gasteiger partial charge in [-0.15, -0.1) is 10.2 Å². The van der Waals surface area contributed by atoms with Crippen molar-refractivity contribution in [3.05, 3.63) is 89.4 Å². The van der Waals surface area contributed by atoms with E-state index in [2.05, 4.69) is 16.3 Å². The van der Waals surface area contributed by atoms with Crippen molar-refractivity contribution < 1.29 is 9.21 Å². The van der Waals surface area contributed by atoms with Crippen molar-refractivity contribution >= 4 is 17.5 Å². The number of ketones is 1. The summed E-state index contributed by atoms with van der Waals surface area (Å²) in [6.45, 7) is 4.50. The molecular formula is C23H21N3O2S. The minimum absolute atomic E-state index is 0.0813. The molecule has 0 atom stereocenters. The lowest BCUT2D eigenvalue weighted by atomic mass is 10.1. The van der Waals surface area contributed by atoms with Gasteiger partial charge in [0.15, 0.2) is 16.8 Å². The summed E-state index contributed by atoms with van der Waals surface area (Å²) in [7, 11) is 0. The zero-order valence-corrected chi connectivity index (χ0v) is 17.1. The molecule has 0 aliphatic rings. The van der Waals surface area contributed by atoms with Crippen molar-refractivity contribution in [2.45, 2.75) is 25.5 Å². The first-order chi connectivity index (χ1) is 14.1.